The summed E-state index contributed by atoms with van der Waals surface area (Å²) in [6, 6.07) is 2.28. The maximum atomic E-state index is 3.66. The molecule has 1 aromatic rings. The molecular weight excluding hydrogens is 220 g/mol. The summed E-state index contributed by atoms with van der Waals surface area (Å²) in [7, 11) is 2.02. The van der Waals surface area contributed by atoms with Crippen molar-refractivity contribution in [1.82, 2.24) is 5.32 Å². The summed E-state index contributed by atoms with van der Waals surface area (Å²) in [5, 5.41) is 6.93. The van der Waals surface area contributed by atoms with Crippen LogP contribution in [-0.4, -0.2) is 20.1 Å². The van der Waals surface area contributed by atoms with E-state index in [1.54, 1.807) is 0 Å². The maximum Gasteiger partial charge on any atom is 0.0405 e. The lowest BCUT2D eigenvalue weighted by atomic mass is 9.98. The molecule has 1 rings (SSSR count). The zero-order valence-electron chi connectivity index (χ0n) is 12.8. The van der Waals surface area contributed by atoms with E-state index in [0.29, 0.717) is 5.92 Å². The van der Waals surface area contributed by atoms with Crippen LogP contribution in [0.5, 0.6) is 0 Å². The zero-order chi connectivity index (χ0) is 13.7. The van der Waals surface area contributed by atoms with Crippen LogP contribution >= 0.6 is 0 Å². The predicted octanol–water partition coefficient (Wildman–Crippen LogP) is 3.58. The maximum absolute atomic E-state index is 3.66. The van der Waals surface area contributed by atoms with Gasteiger partial charge in [-0.15, -0.1) is 0 Å². The van der Waals surface area contributed by atoms with Crippen LogP contribution in [0.25, 0.3) is 0 Å². The summed E-state index contributed by atoms with van der Waals surface area (Å²) in [6.07, 6.45) is 1.21. The van der Waals surface area contributed by atoms with Crippen molar-refractivity contribution in [3.8, 4) is 0 Å². The zero-order valence-corrected chi connectivity index (χ0v) is 12.8. The van der Waals surface area contributed by atoms with Gasteiger partial charge < -0.3 is 10.6 Å². The van der Waals surface area contributed by atoms with Crippen molar-refractivity contribution in [1.29, 1.82) is 0 Å². The molecule has 0 spiro atoms. The van der Waals surface area contributed by atoms with Gasteiger partial charge in [0.1, 0.15) is 0 Å². The van der Waals surface area contributed by atoms with Crippen molar-refractivity contribution in [2.75, 3.05) is 25.5 Å². The van der Waals surface area contributed by atoms with Crippen LogP contribution in [0.4, 0.5) is 5.69 Å². The molecule has 0 heterocycles. The Bertz CT molecular complexity index is 370. The fourth-order valence-corrected chi connectivity index (χ4v) is 2.38. The van der Waals surface area contributed by atoms with Crippen LogP contribution in [0.1, 0.15) is 35.6 Å². The first-order valence-corrected chi connectivity index (χ1v) is 6.97. The van der Waals surface area contributed by atoms with E-state index >= 15 is 0 Å². The Morgan fingerprint density at radius 1 is 1.00 bits per heavy atom. The molecule has 2 N–H and O–H groups in total. The molecule has 0 saturated carbocycles. The minimum Gasteiger partial charge on any atom is -0.384 e. The summed E-state index contributed by atoms with van der Waals surface area (Å²) in [6.45, 7) is 13.2. The molecule has 1 atom stereocenters. The first-order chi connectivity index (χ1) is 8.51. The summed E-state index contributed by atoms with van der Waals surface area (Å²) in [5.41, 5.74) is 6.86. The average molecular weight is 248 g/mol. The van der Waals surface area contributed by atoms with Crippen LogP contribution in [0, 0.1) is 33.6 Å². The van der Waals surface area contributed by atoms with Crippen molar-refractivity contribution in [2.45, 2.75) is 41.0 Å². The number of aryl methyl sites for hydroxylation is 2. The largest absolute Gasteiger partial charge is 0.384 e. The van der Waals surface area contributed by atoms with Gasteiger partial charge in [-0.2, -0.15) is 0 Å². The third-order valence-electron chi connectivity index (χ3n) is 4.00. The van der Waals surface area contributed by atoms with Gasteiger partial charge in [-0.25, -0.2) is 0 Å². The van der Waals surface area contributed by atoms with Crippen LogP contribution in [-0.2, 0) is 0 Å². The quantitative estimate of drug-likeness (QED) is 0.804. The fraction of sp³-hybridized carbons (Fsp3) is 0.625. The van der Waals surface area contributed by atoms with Gasteiger partial charge in [-0.05, 0) is 69.5 Å². The predicted molar refractivity (Wildman–Crippen MR) is 81.6 cm³/mol. The van der Waals surface area contributed by atoms with Gasteiger partial charge in [-0.1, -0.05) is 19.4 Å². The van der Waals surface area contributed by atoms with Crippen molar-refractivity contribution in [3.63, 3.8) is 0 Å². The lowest BCUT2D eigenvalue weighted by Gasteiger charge is -2.21. The molecule has 0 aliphatic heterocycles. The summed E-state index contributed by atoms with van der Waals surface area (Å²) < 4.78 is 0. The summed E-state index contributed by atoms with van der Waals surface area (Å²) in [5.74, 6) is 0.689. The summed E-state index contributed by atoms with van der Waals surface area (Å²) >= 11 is 0. The number of benzene rings is 1. The second-order valence-electron chi connectivity index (χ2n) is 5.35. The highest BCUT2D eigenvalue weighted by Crippen LogP contribution is 2.26. The first-order valence-electron chi connectivity index (χ1n) is 6.97. The Kier molecular flexibility index (Phi) is 5.67. The lowest BCUT2D eigenvalue weighted by molar-refractivity contribution is 0.506. The molecule has 2 heteroatoms. The molecule has 0 bridgehead atoms. The second kappa shape index (κ2) is 6.79. The highest BCUT2D eigenvalue weighted by molar-refractivity contribution is 5.62. The van der Waals surface area contributed by atoms with E-state index < -0.39 is 0 Å². The third-order valence-corrected chi connectivity index (χ3v) is 4.00. The molecule has 0 aliphatic rings. The fourth-order valence-electron chi connectivity index (χ4n) is 2.38. The Morgan fingerprint density at radius 3 is 2.00 bits per heavy atom. The monoisotopic (exact) mass is 248 g/mol. The standard InChI is InChI=1S/C16H28N2/c1-7-15(9-17-6)10-18-16-13(4)11(2)8-12(3)14(16)5/h8,15,17-18H,7,9-10H2,1-6H3. The highest BCUT2D eigenvalue weighted by atomic mass is 14.9. The van der Waals surface area contributed by atoms with Crippen LogP contribution in [0.15, 0.2) is 6.07 Å². The Balaban J connectivity index is 2.84. The minimum absolute atomic E-state index is 0.689. The van der Waals surface area contributed by atoms with E-state index in [4.69, 9.17) is 0 Å². The number of hydrogen-bond donors (Lipinski definition) is 2. The lowest BCUT2D eigenvalue weighted by Crippen LogP contribution is -2.25. The second-order valence-corrected chi connectivity index (χ2v) is 5.35. The number of anilines is 1. The van der Waals surface area contributed by atoms with Crippen molar-refractivity contribution in [3.05, 3.63) is 28.3 Å². The molecule has 0 fully saturated rings. The van der Waals surface area contributed by atoms with Crippen molar-refractivity contribution < 1.29 is 0 Å². The van der Waals surface area contributed by atoms with Crippen LogP contribution < -0.4 is 10.6 Å². The van der Waals surface area contributed by atoms with E-state index in [1.807, 2.05) is 7.05 Å². The SMILES string of the molecule is CCC(CNC)CNc1c(C)c(C)cc(C)c1C. The van der Waals surface area contributed by atoms with Gasteiger partial charge in [-0.3, -0.25) is 0 Å². The van der Waals surface area contributed by atoms with E-state index in [0.717, 1.165) is 13.1 Å². The molecule has 1 unspecified atom stereocenters. The van der Waals surface area contributed by atoms with Gasteiger partial charge in [0.15, 0.2) is 0 Å². The Labute approximate surface area is 112 Å². The topological polar surface area (TPSA) is 24.1 Å². The third kappa shape index (κ3) is 3.49. The molecule has 0 aliphatic carbocycles. The minimum atomic E-state index is 0.689. The molecule has 2 nitrogen and oxygen atoms in total. The van der Waals surface area contributed by atoms with E-state index in [9.17, 15) is 0 Å². The molecule has 0 radical (unpaired) electrons. The number of hydrogen-bond acceptors (Lipinski definition) is 2. The number of nitrogens with one attached hydrogen (secondary N) is 2. The molecular formula is C16H28N2. The van der Waals surface area contributed by atoms with E-state index in [-0.39, 0.29) is 0 Å². The molecule has 0 aromatic heterocycles. The summed E-state index contributed by atoms with van der Waals surface area (Å²) in [4.78, 5) is 0. The van der Waals surface area contributed by atoms with Crippen LogP contribution in [0.3, 0.4) is 0 Å². The van der Waals surface area contributed by atoms with Gasteiger partial charge in [0.05, 0.1) is 0 Å². The van der Waals surface area contributed by atoms with E-state index in [1.165, 1.54) is 34.4 Å². The van der Waals surface area contributed by atoms with E-state index in [2.05, 4.69) is 51.3 Å². The molecule has 18 heavy (non-hydrogen) atoms. The van der Waals surface area contributed by atoms with Gasteiger partial charge in [0.25, 0.3) is 0 Å². The Hall–Kier alpha value is -1.02. The smallest absolute Gasteiger partial charge is 0.0405 e. The van der Waals surface area contributed by atoms with Gasteiger partial charge >= 0.3 is 0 Å². The van der Waals surface area contributed by atoms with Crippen LogP contribution in [0.2, 0.25) is 0 Å². The van der Waals surface area contributed by atoms with Gasteiger partial charge in [0, 0.05) is 12.2 Å². The van der Waals surface area contributed by atoms with Crippen molar-refractivity contribution >= 4 is 5.69 Å². The Morgan fingerprint density at radius 2 is 1.56 bits per heavy atom. The average Bonchev–Trinajstić information content (AvgIpc) is 2.35. The molecule has 102 valence electrons. The van der Waals surface area contributed by atoms with Crippen molar-refractivity contribution in [2.24, 2.45) is 5.92 Å². The molecule has 0 amide bonds. The molecule has 0 saturated heterocycles. The first kappa shape index (κ1) is 15.0. The molecule has 1 aromatic carbocycles. The highest BCUT2D eigenvalue weighted by Gasteiger charge is 2.10. The number of rotatable bonds is 6. The van der Waals surface area contributed by atoms with Gasteiger partial charge in [0.2, 0.25) is 0 Å². The normalized spacial score (nSPS) is 12.6.